The molecular formula is C21H20F3N5O2S. The van der Waals surface area contributed by atoms with Crippen molar-refractivity contribution in [3.63, 3.8) is 0 Å². The fourth-order valence-electron chi connectivity index (χ4n) is 3.78. The summed E-state index contributed by atoms with van der Waals surface area (Å²) < 4.78 is 42.2. The number of nitrogens with zero attached hydrogens (tertiary/aromatic N) is 2. The van der Waals surface area contributed by atoms with Gasteiger partial charge in [0.2, 0.25) is 5.91 Å². The zero-order valence-electron chi connectivity index (χ0n) is 16.8. The number of aromatic amines is 1. The van der Waals surface area contributed by atoms with E-state index in [4.69, 9.17) is 5.73 Å². The number of alkyl halides is 3. The van der Waals surface area contributed by atoms with Gasteiger partial charge in [0.15, 0.2) is 10.5 Å². The van der Waals surface area contributed by atoms with E-state index in [1.807, 2.05) is 30.3 Å². The summed E-state index contributed by atoms with van der Waals surface area (Å²) in [7, 11) is 0. The number of thiazole rings is 1. The first-order chi connectivity index (χ1) is 15.2. The van der Waals surface area contributed by atoms with E-state index in [1.54, 1.807) is 10.3 Å². The fraction of sp³-hybridized carbons (Fsp3) is 0.286. The smallest absolute Gasteiger partial charge is 0.364 e. The summed E-state index contributed by atoms with van der Waals surface area (Å²) in [5.41, 5.74) is 4.71. The van der Waals surface area contributed by atoms with Gasteiger partial charge in [-0.05, 0) is 24.6 Å². The lowest BCUT2D eigenvalue weighted by atomic mass is 9.85. The lowest BCUT2D eigenvalue weighted by Crippen LogP contribution is -2.49. The molecule has 0 aliphatic carbocycles. The Morgan fingerprint density at radius 1 is 1.28 bits per heavy atom. The van der Waals surface area contributed by atoms with Gasteiger partial charge in [0.05, 0.1) is 5.69 Å². The Balaban J connectivity index is 1.50. The van der Waals surface area contributed by atoms with Crippen molar-refractivity contribution in [2.75, 3.05) is 18.4 Å². The molecule has 1 unspecified atom stereocenters. The summed E-state index contributed by atoms with van der Waals surface area (Å²) in [5.74, 6) is -1.76. The monoisotopic (exact) mass is 463 g/mol. The summed E-state index contributed by atoms with van der Waals surface area (Å²) in [4.78, 5) is 32.6. The molecule has 168 valence electrons. The Labute approximate surface area is 185 Å². The van der Waals surface area contributed by atoms with Crippen LogP contribution in [0.25, 0.3) is 11.3 Å². The van der Waals surface area contributed by atoms with Crippen LogP contribution in [0, 0.1) is 5.41 Å². The molecule has 3 aromatic rings. The van der Waals surface area contributed by atoms with Gasteiger partial charge < -0.3 is 16.0 Å². The number of nitrogens with two attached hydrogens (primary N) is 1. The molecule has 0 radical (unpaired) electrons. The molecule has 3 heterocycles. The molecule has 1 fully saturated rings. The van der Waals surface area contributed by atoms with Crippen LogP contribution in [0.4, 0.5) is 18.3 Å². The van der Waals surface area contributed by atoms with Crippen LogP contribution in [0.15, 0.2) is 48.0 Å². The highest BCUT2D eigenvalue weighted by Gasteiger charge is 2.63. The molecule has 2 aromatic heterocycles. The van der Waals surface area contributed by atoms with Crippen molar-refractivity contribution in [3.8, 4) is 11.3 Å². The van der Waals surface area contributed by atoms with Crippen molar-refractivity contribution in [1.29, 1.82) is 0 Å². The van der Waals surface area contributed by atoms with E-state index in [0.29, 0.717) is 17.8 Å². The Hall–Kier alpha value is -3.18. The second kappa shape index (κ2) is 8.40. The molecule has 7 nitrogen and oxygen atoms in total. The third kappa shape index (κ3) is 4.26. The van der Waals surface area contributed by atoms with Crippen LogP contribution >= 0.6 is 11.3 Å². The summed E-state index contributed by atoms with van der Waals surface area (Å²) in [5, 5.41) is 3.99. The second-order valence-corrected chi connectivity index (χ2v) is 8.54. The van der Waals surface area contributed by atoms with E-state index in [0.717, 1.165) is 16.9 Å². The number of primary amides is 1. The Kier molecular flexibility index (Phi) is 5.78. The van der Waals surface area contributed by atoms with E-state index in [9.17, 15) is 22.8 Å². The van der Waals surface area contributed by atoms with Gasteiger partial charge in [-0.2, -0.15) is 13.2 Å². The second-order valence-electron chi connectivity index (χ2n) is 7.68. The van der Waals surface area contributed by atoms with Gasteiger partial charge in [0, 0.05) is 30.2 Å². The van der Waals surface area contributed by atoms with Crippen molar-refractivity contribution in [2.45, 2.75) is 19.1 Å². The maximum atomic E-state index is 14.1. The number of hydrogen-bond acceptors (Lipinski definition) is 5. The summed E-state index contributed by atoms with van der Waals surface area (Å²) in [6.07, 6.45) is -3.52. The highest BCUT2D eigenvalue weighted by molar-refractivity contribution is 7.14. The molecule has 2 amide bonds. The number of nitrogens with one attached hydrogen (secondary N) is 2. The van der Waals surface area contributed by atoms with Crippen molar-refractivity contribution in [1.82, 2.24) is 14.9 Å². The van der Waals surface area contributed by atoms with Crippen LogP contribution in [-0.2, 0) is 11.3 Å². The van der Waals surface area contributed by atoms with Crippen LogP contribution in [0.2, 0.25) is 0 Å². The molecule has 1 aliphatic rings. The minimum Gasteiger partial charge on any atom is -0.364 e. The topological polar surface area (TPSA) is 104 Å². The molecule has 0 bridgehead atoms. The number of amides is 2. The molecule has 32 heavy (non-hydrogen) atoms. The Morgan fingerprint density at radius 2 is 2.03 bits per heavy atom. The predicted octanol–water partition coefficient (Wildman–Crippen LogP) is 3.63. The number of aromatic nitrogens is 2. The summed E-state index contributed by atoms with van der Waals surface area (Å²) >= 11 is 1.01. The normalized spacial score (nSPS) is 19.2. The molecule has 1 aliphatic heterocycles. The number of rotatable bonds is 6. The van der Waals surface area contributed by atoms with Gasteiger partial charge in [-0.15, -0.1) is 11.3 Å². The number of hydrogen-bond donors (Lipinski definition) is 3. The zero-order valence-corrected chi connectivity index (χ0v) is 17.6. The summed E-state index contributed by atoms with van der Waals surface area (Å²) in [6.45, 7) is 0.0719. The molecule has 4 rings (SSSR count). The molecule has 4 N–H and O–H groups in total. The van der Waals surface area contributed by atoms with E-state index >= 15 is 0 Å². The molecule has 0 saturated carbocycles. The van der Waals surface area contributed by atoms with Crippen molar-refractivity contribution in [2.24, 2.45) is 11.1 Å². The maximum absolute atomic E-state index is 14.1. The predicted molar refractivity (Wildman–Crippen MR) is 114 cm³/mol. The van der Waals surface area contributed by atoms with E-state index in [1.165, 1.54) is 12.3 Å². The molecule has 1 atom stereocenters. The van der Waals surface area contributed by atoms with E-state index < -0.39 is 30.0 Å². The molecule has 11 heteroatoms. The summed E-state index contributed by atoms with van der Waals surface area (Å²) in [6, 6.07) is 10.7. The van der Waals surface area contributed by atoms with Gasteiger partial charge in [0.25, 0.3) is 5.91 Å². The maximum Gasteiger partial charge on any atom is 0.404 e. The van der Waals surface area contributed by atoms with Gasteiger partial charge in [-0.1, -0.05) is 30.3 Å². The van der Waals surface area contributed by atoms with E-state index in [2.05, 4.69) is 15.3 Å². The third-order valence-electron chi connectivity index (χ3n) is 5.54. The first-order valence-electron chi connectivity index (χ1n) is 9.76. The van der Waals surface area contributed by atoms with Crippen LogP contribution in [0.3, 0.4) is 0 Å². The average Bonchev–Trinajstić information content (AvgIpc) is 3.48. The molecule has 0 spiro atoms. The highest BCUT2D eigenvalue weighted by atomic mass is 32.1. The van der Waals surface area contributed by atoms with Gasteiger partial charge in [-0.25, -0.2) is 4.98 Å². The number of carbonyl (C=O) groups excluding carboxylic acids is 2. The van der Waals surface area contributed by atoms with Crippen molar-refractivity contribution >= 4 is 28.3 Å². The van der Waals surface area contributed by atoms with Gasteiger partial charge in [-0.3, -0.25) is 14.5 Å². The average molecular weight is 463 g/mol. The quantitative estimate of drug-likeness (QED) is 0.519. The minimum absolute atomic E-state index is 0.0527. The van der Waals surface area contributed by atoms with Crippen LogP contribution in [-0.4, -0.2) is 45.9 Å². The first-order valence-corrected chi connectivity index (χ1v) is 10.6. The highest BCUT2D eigenvalue weighted by Crippen LogP contribution is 2.46. The fourth-order valence-corrected chi connectivity index (χ4v) is 4.49. The standard InChI is InChI=1S/C21H20F3N5O2S/c22-21(23,24)20(6-7-29(12-20)10-13-4-2-1-3-5-13)18(31)28-19-27-16(11-32-19)14-8-15(17(25)30)26-9-14/h1-5,8-9,11,26H,6-7,10,12H2,(H2,25,30)(H,27,28,31). The molecule has 1 saturated heterocycles. The van der Waals surface area contributed by atoms with Crippen molar-refractivity contribution < 1.29 is 22.8 Å². The number of benzene rings is 1. The number of likely N-dealkylation sites (tertiary alicyclic amines) is 1. The van der Waals surface area contributed by atoms with Crippen LogP contribution < -0.4 is 11.1 Å². The van der Waals surface area contributed by atoms with Gasteiger partial charge in [0.1, 0.15) is 5.69 Å². The number of H-pyrrole nitrogens is 1. The van der Waals surface area contributed by atoms with Crippen LogP contribution in [0.1, 0.15) is 22.5 Å². The molecular weight excluding hydrogens is 443 g/mol. The third-order valence-corrected chi connectivity index (χ3v) is 6.30. The zero-order chi connectivity index (χ0) is 22.9. The Bertz CT molecular complexity index is 1130. The van der Waals surface area contributed by atoms with Gasteiger partial charge >= 0.3 is 6.18 Å². The Morgan fingerprint density at radius 3 is 2.69 bits per heavy atom. The number of halogens is 3. The van der Waals surface area contributed by atoms with Crippen molar-refractivity contribution in [3.05, 3.63) is 59.2 Å². The minimum atomic E-state index is -4.71. The number of anilines is 1. The number of carbonyl (C=O) groups is 2. The van der Waals surface area contributed by atoms with Crippen LogP contribution in [0.5, 0.6) is 0 Å². The first kappa shape index (κ1) is 22.0. The lowest BCUT2D eigenvalue weighted by molar-refractivity contribution is -0.215. The largest absolute Gasteiger partial charge is 0.404 e. The molecule has 1 aromatic carbocycles. The lowest BCUT2D eigenvalue weighted by Gasteiger charge is -2.30. The SMILES string of the molecule is NC(=O)c1cc(-c2csc(NC(=O)C3(C(F)(F)F)CCN(Cc4ccccc4)C3)n2)c[nH]1. The van der Waals surface area contributed by atoms with E-state index in [-0.39, 0.29) is 23.8 Å².